The maximum atomic E-state index is 14.0. The summed E-state index contributed by atoms with van der Waals surface area (Å²) in [6.45, 7) is 9.76. The van der Waals surface area contributed by atoms with Crippen molar-refractivity contribution in [3.8, 4) is 0 Å². The minimum atomic E-state index is -1.68. The topological polar surface area (TPSA) is 102 Å². The summed E-state index contributed by atoms with van der Waals surface area (Å²) in [4.78, 5) is 43.5. The van der Waals surface area contributed by atoms with Crippen LogP contribution < -0.4 is 16.0 Å². The highest BCUT2D eigenvalue weighted by Gasteiger charge is 2.63. The van der Waals surface area contributed by atoms with Gasteiger partial charge >= 0.3 is 5.97 Å². The first kappa shape index (κ1) is 23.9. The molecule has 2 aliphatic heterocycles. The molecule has 7 heteroatoms. The number of allylic oxidation sites excluding steroid dienone is 1. The molecule has 1 amide bonds. The van der Waals surface area contributed by atoms with Crippen LogP contribution in [0.5, 0.6) is 0 Å². The second kappa shape index (κ2) is 8.08. The molecule has 36 heavy (non-hydrogen) atoms. The van der Waals surface area contributed by atoms with Crippen LogP contribution in [0.15, 0.2) is 65.1 Å². The Labute approximate surface area is 211 Å². The molecule has 3 N–H and O–H groups in total. The highest BCUT2D eigenvalue weighted by molar-refractivity contribution is 6.23. The quantitative estimate of drug-likeness (QED) is 0.626. The van der Waals surface area contributed by atoms with E-state index < -0.39 is 17.3 Å². The van der Waals surface area contributed by atoms with Crippen molar-refractivity contribution in [1.29, 1.82) is 0 Å². The van der Waals surface area contributed by atoms with Crippen molar-refractivity contribution in [3.05, 3.63) is 81.8 Å². The van der Waals surface area contributed by atoms with E-state index in [1.807, 2.05) is 64.1 Å². The van der Waals surface area contributed by atoms with E-state index in [4.69, 9.17) is 10.5 Å². The normalized spacial score (nSPS) is 22.5. The maximum Gasteiger partial charge on any atom is 0.339 e. The number of fused-ring (bicyclic) bond motifs is 3. The summed E-state index contributed by atoms with van der Waals surface area (Å²) >= 11 is 0. The Kier molecular flexibility index (Phi) is 5.36. The lowest BCUT2D eigenvalue weighted by molar-refractivity contribution is -0.140. The molecule has 0 radical (unpaired) electrons. The fourth-order valence-electron chi connectivity index (χ4n) is 5.84. The zero-order chi connectivity index (χ0) is 26.0. The summed E-state index contributed by atoms with van der Waals surface area (Å²) < 4.78 is 5.47. The number of amides is 1. The van der Waals surface area contributed by atoms with E-state index >= 15 is 0 Å². The van der Waals surface area contributed by atoms with Gasteiger partial charge in [0.1, 0.15) is 16.8 Å². The minimum Gasteiger partial charge on any atom is -0.462 e. The Morgan fingerprint density at radius 2 is 1.72 bits per heavy atom. The molecule has 0 bridgehead atoms. The first-order valence-corrected chi connectivity index (χ1v) is 12.2. The lowest BCUT2D eigenvalue weighted by Crippen LogP contribution is -2.54. The Morgan fingerprint density at radius 1 is 1.06 bits per heavy atom. The molecule has 3 aliphatic rings. The monoisotopic (exact) mass is 485 g/mol. The maximum absolute atomic E-state index is 14.0. The summed E-state index contributed by atoms with van der Waals surface area (Å²) in [7, 11) is 0. The molecule has 186 valence electrons. The van der Waals surface area contributed by atoms with Crippen LogP contribution in [0.2, 0.25) is 0 Å². The molecule has 1 atom stereocenters. The van der Waals surface area contributed by atoms with Crippen LogP contribution in [0.25, 0.3) is 0 Å². The largest absolute Gasteiger partial charge is 0.462 e. The number of carbonyl (C=O) groups excluding carboxylic acids is 3. The number of nitrogens with one attached hydrogen (secondary N) is 1. The standard InChI is InChI=1S/C29H31N3O4/c1-6-36-26(34)24-25(30)32(18-10-7-16(2)8-11-18)21-14-28(4,5)15-22(33)23(21)29(24)19-13-17(3)9-12-20(19)31-27(29)35/h7-13H,6,14-15,30H2,1-5H3,(H,31,35). The Balaban J connectivity index is 1.92. The third-order valence-corrected chi connectivity index (χ3v) is 7.31. The molecule has 0 fully saturated rings. The Morgan fingerprint density at radius 3 is 2.39 bits per heavy atom. The number of aryl methyl sites for hydroxylation is 2. The van der Waals surface area contributed by atoms with Crippen molar-refractivity contribution >= 4 is 29.0 Å². The van der Waals surface area contributed by atoms with Gasteiger partial charge in [0.15, 0.2) is 5.78 Å². The second-order valence-corrected chi connectivity index (χ2v) is 10.7. The fraction of sp³-hybridized carbons (Fsp3) is 0.345. The SMILES string of the molecule is CCOC(=O)C1=C(N)N(c2ccc(C)cc2)C2=C(C(=O)CC(C)(C)C2)C12C(=O)Nc1ccc(C)cc12. The molecular weight excluding hydrogens is 454 g/mol. The lowest BCUT2D eigenvalue weighted by atomic mass is 9.60. The van der Waals surface area contributed by atoms with Gasteiger partial charge in [-0.3, -0.25) is 14.5 Å². The third kappa shape index (κ3) is 3.29. The summed E-state index contributed by atoms with van der Waals surface area (Å²) in [5.74, 6) is -1.23. The molecule has 0 saturated heterocycles. The van der Waals surface area contributed by atoms with Crippen LogP contribution in [0, 0.1) is 19.3 Å². The molecule has 0 saturated carbocycles. The number of Topliss-reactive ketones (excluding diaryl/α,β-unsaturated/α-hetero) is 1. The number of esters is 1. The van der Waals surface area contributed by atoms with Crippen LogP contribution in [0.3, 0.4) is 0 Å². The van der Waals surface area contributed by atoms with Gasteiger partial charge in [0, 0.05) is 34.6 Å². The predicted octanol–water partition coefficient (Wildman–Crippen LogP) is 4.39. The highest BCUT2D eigenvalue weighted by Crippen LogP contribution is 2.57. The number of ether oxygens (including phenoxy) is 1. The summed E-state index contributed by atoms with van der Waals surface area (Å²) in [6, 6.07) is 13.3. The molecule has 1 unspecified atom stereocenters. The molecular formula is C29H31N3O4. The number of carbonyl (C=O) groups is 3. The smallest absolute Gasteiger partial charge is 0.339 e. The molecule has 2 aromatic rings. The Hall–Kier alpha value is -3.87. The van der Waals surface area contributed by atoms with E-state index in [0.717, 1.165) is 16.8 Å². The van der Waals surface area contributed by atoms with Crippen molar-refractivity contribution in [1.82, 2.24) is 0 Å². The zero-order valence-corrected chi connectivity index (χ0v) is 21.3. The average molecular weight is 486 g/mol. The first-order chi connectivity index (χ1) is 17.0. The molecule has 7 nitrogen and oxygen atoms in total. The van der Waals surface area contributed by atoms with Gasteiger partial charge in [-0.1, -0.05) is 49.2 Å². The van der Waals surface area contributed by atoms with E-state index in [1.54, 1.807) is 17.9 Å². The number of hydrogen-bond acceptors (Lipinski definition) is 6. The minimum absolute atomic E-state index is 0.0152. The van der Waals surface area contributed by atoms with Gasteiger partial charge in [-0.15, -0.1) is 0 Å². The zero-order valence-electron chi connectivity index (χ0n) is 21.3. The van der Waals surface area contributed by atoms with Crippen molar-refractivity contribution in [2.24, 2.45) is 11.1 Å². The van der Waals surface area contributed by atoms with Gasteiger partial charge < -0.3 is 15.8 Å². The molecule has 1 aliphatic carbocycles. The van der Waals surface area contributed by atoms with Gasteiger partial charge in [0.05, 0.1) is 6.61 Å². The lowest BCUT2D eigenvalue weighted by Gasteiger charge is -2.47. The van der Waals surface area contributed by atoms with Crippen molar-refractivity contribution in [2.45, 2.75) is 52.9 Å². The molecule has 2 heterocycles. The van der Waals surface area contributed by atoms with Crippen LogP contribution >= 0.6 is 0 Å². The number of anilines is 2. The molecule has 1 spiro atoms. The van der Waals surface area contributed by atoms with Gasteiger partial charge in [0.25, 0.3) is 0 Å². The third-order valence-electron chi connectivity index (χ3n) is 7.31. The number of benzene rings is 2. The number of nitrogens with two attached hydrogens (primary N) is 1. The van der Waals surface area contributed by atoms with Gasteiger partial charge in [0.2, 0.25) is 5.91 Å². The predicted molar refractivity (Wildman–Crippen MR) is 138 cm³/mol. The van der Waals surface area contributed by atoms with Gasteiger partial charge in [-0.2, -0.15) is 0 Å². The Bertz CT molecular complexity index is 1380. The number of rotatable bonds is 3. The first-order valence-electron chi connectivity index (χ1n) is 12.2. The average Bonchev–Trinajstić information content (AvgIpc) is 3.05. The summed E-state index contributed by atoms with van der Waals surface area (Å²) in [5, 5.41) is 2.93. The van der Waals surface area contributed by atoms with Crippen molar-refractivity contribution in [3.63, 3.8) is 0 Å². The van der Waals surface area contributed by atoms with Crippen LogP contribution in [0.1, 0.15) is 50.3 Å². The molecule has 2 aromatic carbocycles. The number of hydrogen-bond donors (Lipinski definition) is 2. The fourth-order valence-corrected chi connectivity index (χ4v) is 5.84. The van der Waals surface area contributed by atoms with E-state index in [2.05, 4.69) is 5.32 Å². The second-order valence-electron chi connectivity index (χ2n) is 10.7. The van der Waals surface area contributed by atoms with E-state index in [9.17, 15) is 14.4 Å². The highest BCUT2D eigenvalue weighted by atomic mass is 16.5. The van der Waals surface area contributed by atoms with E-state index in [-0.39, 0.29) is 35.6 Å². The number of ketones is 1. The summed E-state index contributed by atoms with van der Waals surface area (Å²) in [5.41, 5.74) is 9.57. The van der Waals surface area contributed by atoms with Gasteiger partial charge in [-0.25, -0.2) is 4.79 Å². The van der Waals surface area contributed by atoms with E-state index in [0.29, 0.717) is 28.9 Å². The van der Waals surface area contributed by atoms with Gasteiger partial charge in [-0.05, 0) is 50.8 Å². The summed E-state index contributed by atoms with van der Waals surface area (Å²) in [6.07, 6.45) is 0.759. The van der Waals surface area contributed by atoms with Crippen molar-refractivity contribution < 1.29 is 19.1 Å². The molecule has 0 aromatic heterocycles. The van der Waals surface area contributed by atoms with E-state index in [1.165, 1.54) is 0 Å². The molecule has 5 rings (SSSR count). The van der Waals surface area contributed by atoms with Crippen molar-refractivity contribution in [2.75, 3.05) is 16.8 Å². The van der Waals surface area contributed by atoms with Crippen LogP contribution in [-0.4, -0.2) is 24.3 Å². The number of nitrogens with zero attached hydrogens (tertiary/aromatic N) is 1. The van der Waals surface area contributed by atoms with Crippen LogP contribution in [0.4, 0.5) is 11.4 Å². The van der Waals surface area contributed by atoms with Crippen LogP contribution in [-0.2, 0) is 24.5 Å².